The van der Waals surface area contributed by atoms with E-state index in [0.717, 1.165) is 66.9 Å². The second kappa shape index (κ2) is 9.09. The Morgan fingerprint density at radius 1 is 1.26 bits per heavy atom. The lowest BCUT2D eigenvalue weighted by Crippen LogP contribution is -2.45. The number of rotatable bonds is 7. The number of nitrogen functional groups attached to an aromatic ring is 1. The summed E-state index contributed by atoms with van der Waals surface area (Å²) in [5.74, 6) is 0.486. The minimum atomic E-state index is -0.485. The van der Waals surface area contributed by atoms with Gasteiger partial charge in [0.2, 0.25) is 0 Å². The number of primary amides is 1. The number of fused-ring (bicyclic) bond motifs is 1. The van der Waals surface area contributed by atoms with E-state index in [1.54, 1.807) is 0 Å². The van der Waals surface area contributed by atoms with Crippen molar-refractivity contribution >= 4 is 44.7 Å². The second-order valence-electron chi connectivity index (χ2n) is 7.99. The van der Waals surface area contributed by atoms with Crippen LogP contribution in [-0.4, -0.2) is 41.6 Å². The van der Waals surface area contributed by atoms with Crippen molar-refractivity contribution < 1.29 is 4.79 Å². The molecule has 0 spiro atoms. The fraction of sp³-hybridized carbons (Fsp3) is 0.435. The van der Waals surface area contributed by atoms with E-state index in [1.165, 1.54) is 17.0 Å². The normalized spacial score (nSPS) is 14.8. The monoisotopic (exact) mass is 438 g/mol. The number of nitrogens with zero attached hydrogens (tertiary/aromatic N) is 4. The molecule has 0 aliphatic carbocycles. The van der Waals surface area contributed by atoms with Gasteiger partial charge in [0.25, 0.3) is 5.91 Å². The number of nitrogens with two attached hydrogens (primary N) is 2. The highest BCUT2D eigenvalue weighted by atomic mass is 32.1. The number of hydrogen-bond donors (Lipinski definition) is 2. The van der Waals surface area contributed by atoms with Gasteiger partial charge in [0.15, 0.2) is 0 Å². The molecule has 1 aliphatic rings. The average Bonchev–Trinajstić information content (AvgIpc) is 3.13. The van der Waals surface area contributed by atoms with Gasteiger partial charge in [-0.05, 0) is 49.9 Å². The van der Waals surface area contributed by atoms with Crippen LogP contribution in [0.3, 0.4) is 0 Å². The van der Waals surface area contributed by atoms with Gasteiger partial charge in [0, 0.05) is 49.1 Å². The predicted octanol–water partition coefficient (Wildman–Crippen LogP) is 3.82. The molecule has 7 nitrogen and oxygen atoms in total. The van der Waals surface area contributed by atoms with E-state index in [9.17, 15) is 4.79 Å². The van der Waals surface area contributed by atoms with E-state index >= 15 is 0 Å². The fourth-order valence-electron chi connectivity index (χ4n) is 4.59. The highest BCUT2D eigenvalue weighted by Crippen LogP contribution is 2.37. The molecule has 4 N–H and O–H groups in total. The lowest BCUT2D eigenvalue weighted by molar-refractivity contribution is 0.100. The largest absolute Gasteiger partial charge is 0.397 e. The molecule has 0 unspecified atom stereocenters. The smallest absolute Gasteiger partial charge is 0.260 e. The highest BCUT2D eigenvalue weighted by Gasteiger charge is 2.26. The van der Waals surface area contributed by atoms with Crippen molar-refractivity contribution in [2.45, 2.75) is 45.6 Å². The van der Waals surface area contributed by atoms with Crippen molar-refractivity contribution in [1.82, 2.24) is 9.97 Å². The third kappa shape index (κ3) is 4.17. The van der Waals surface area contributed by atoms with Gasteiger partial charge in [0.05, 0.1) is 5.69 Å². The third-order valence-electron chi connectivity index (χ3n) is 6.07. The molecule has 1 amide bonds. The van der Waals surface area contributed by atoms with E-state index in [2.05, 4.69) is 46.8 Å². The van der Waals surface area contributed by atoms with E-state index in [1.807, 2.05) is 12.4 Å². The van der Waals surface area contributed by atoms with Crippen LogP contribution in [0.15, 0.2) is 30.6 Å². The zero-order valence-electron chi connectivity index (χ0n) is 18.2. The number of piperidine rings is 1. The Morgan fingerprint density at radius 2 is 1.97 bits per heavy atom. The van der Waals surface area contributed by atoms with Crippen molar-refractivity contribution in [3.63, 3.8) is 0 Å². The maximum Gasteiger partial charge on any atom is 0.260 e. The van der Waals surface area contributed by atoms with Gasteiger partial charge in [0.1, 0.15) is 15.5 Å². The molecule has 1 aliphatic heterocycles. The number of carbonyl (C=O) groups excluding carboxylic acids is 1. The standard InChI is InChI=1S/C23H30N6OS/c1-3-5-15-14-18(27-23-19(15)20(24)21(31-23)22(25)30)28-12-8-17(9-13-28)29(4-2)16-6-10-26-11-7-16/h6-7,10-11,14,17H,3-5,8-9,12-13,24H2,1-2H3,(H2,25,30). The summed E-state index contributed by atoms with van der Waals surface area (Å²) in [6.45, 7) is 7.22. The number of carbonyl (C=O) groups is 1. The number of aryl methyl sites for hydroxylation is 1. The Kier molecular flexibility index (Phi) is 6.27. The average molecular weight is 439 g/mol. The summed E-state index contributed by atoms with van der Waals surface area (Å²) in [5, 5.41) is 0.897. The molecule has 31 heavy (non-hydrogen) atoms. The molecule has 0 bridgehead atoms. The van der Waals surface area contributed by atoms with Crippen molar-refractivity contribution in [3.05, 3.63) is 41.0 Å². The van der Waals surface area contributed by atoms with E-state index < -0.39 is 5.91 Å². The molecule has 1 saturated heterocycles. The molecule has 164 valence electrons. The number of thiophene rings is 1. The van der Waals surface area contributed by atoms with Crippen LogP contribution in [0.1, 0.15) is 48.3 Å². The highest BCUT2D eigenvalue weighted by molar-refractivity contribution is 7.21. The van der Waals surface area contributed by atoms with E-state index in [0.29, 0.717) is 16.6 Å². The summed E-state index contributed by atoms with van der Waals surface area (Å²) in [5.41, 5.74) is 14.7. The van der Waals surface area contributed by atoms with Crippen molar-refractivity contribution in [2.75, 3.05) is 35.2 Å². The van der Waals surface area contributed by atoms with Crippen molar-refractivity contribution in [2.24, 2.45) is 5.73 Å². The van der Waals surface area contributed by atoms with Crippen LogP contribution >= 0.6 is 11.3 Å². The fourth-order valence-corrected chi connectivity index (χ4v) is 5.58. The number of amides is 1. The van der Waals surface area contributed by atoms with Gasteiger partial charge in [-0.2, -0.15) is 0 Å². The van der Waals surface area contributed by atoms with Gasteiger partial charge in [-0.25, -0.2) is 4.98 Å². The molecule has 0 atom stereocenters. The molecule has 4 rings (SSSR count). The van der Waals surface area contributed by atoms with E-state index in [4.69, 9.17) is 16.5 Å². The van der Waals surface area contributed by atoms with Gasteiger partial charge in [-0.1, -0.05) is 13.3 Å². The van der Waals surface area contributed by atoms with Crippen LogP contribution in [0, 0.1) is 0 Å². The van der Waals surface area contributed by atoms with Crippen molar-refractivity contribution in [3.8, 4) is 0 Å². The Bertz CT molecular complexity index is 1060. The molecule has 4 heterocycles. The van der Waals surface area contributed by atoms with Crippen LogP contribution in [0.4, 0.5) is 17.2 Å². The SMILES string of the molecule is CCCc1cc(N2CCC(N(CC)c3ccncc3)CC2)nc2sc(C(N)=O)c(N)c12. The lowest BCUT2D eigenvalue weighted by Gasteiger charge is -2.39. The topological polar surface area (TPSA) is 101 Å². The molecule has 3 aromatic heterocycles. The van der Waals surface area contributed by atoms with Crippen molar-refractivity contribution in [1.29, 1.82) is 0 Å². The summed E-state index contributed by atoms with van der Waals surface area (Å²) in [6, 6.07) is 6.82. The van der Waals surface area contributed by atoms with Crippen LogP contribution in [0.2, 0.25) is 0 Å². The maximum atomic E-state index is 11.8. The Labute approximate surface area is 187 Å². The number of aromatic nitrogens is 2. The first-order valence-corrected chi connectivity index (χ1v) is 11.8. The van der Waals surface area contributed by atoms with Gasteiger partial charge >= 0.3 is 0 Å². The molecule has 3 aromatic rings. The summed E-state index contributed by atoms with van der Waals surface area (Å²) >= 11 is 1.31. The minimum Gasteiger partial charge on any atom is -0.397 e. The predicted molar refractivity (Wildman–Crippen MR) is 129 cm³/mol. The lowest BCUT2D eigenvalue weighted by atomic mass is 10.0. The summed E-state index contributed by atoms with van der Waals surface area (Å²) in [7, 11) is 0. The van der Waals surface area contributed by atoms with Gasteiger partial charge in [-0.15, -0.1) is 11.3 Å². The molecule has 1 fully saturated rings. The molecule has 0 saturated carbocycles. The van der Waals surface area contributed by atoms with Crippen LogP contribution in [0.25, 0.3) is 10.2 Å². The molecular formula is C23H30N6OS. The molecule has 8 heteroatoms. The Morgan fingerprint density at radius 3 is 2.58 bits per heavy atom. The quantitative estimate of drug-likeness (QED) is 0.581. The number of pyridine rings is 2. The molecular weight excluding hydrogens is 408 g/mol. The minimum absolute atomic E-state index is 0.409. The number of hydrogen-bond acceptors (Lipinski definition) is 7. The first-order chi connectivity index (χ1) is 15.0. The summed E-state index contributed by atoms with van der Waals surface area (Å²) in [6.07, 6.45) is 7.74. The second-order valence-corrected chi connectivity index (χ2v) is 8.99. The first kappa shape index (κ1) is 21.4. The van der Waals surface area contributed by atoms with Gasteiger partial charge in [-0.3, -0.25) is 9.78 Å². The number of anilines is 3. The first-order valence-electron chi connectivity index (χ1n) is 11.0. The summed E-state index contributed by atoms with van der Waals surface area (Å²) in [4.78, 5) is 26.9. The Hall–Kier alpha value is -2.87. The molecule has 0 radical (unpaired) electrons. The van der Waals surface area contributed by atoms with Crippen LogP contribution < -0.4 is 21.3 Å². The zero-order valence-corrected chi connectivity index (χ0v) is 19.0. The maximum absolute atomic E-state index is 11.8. The third-order valence-corrected chi connectivity index (χ3v) is 7.19. The van der Waals surface area contributed by atoms with Gasteiger partial charge < -0.3 is 21.3 Å². The zero-order chi connectivity index (χ0) is 22.0. The Balaban J connectivity index is 1.58. The molecule has 0 aromatic carbocycles. The van der Waals surface area contributed by atoms with Crippen LogP contribution in [-0.2, 0) is 6.42 Å². The van der Waals surface area contributed by atoms with Crippen LogP contribution in [0.5, 0.6) is 0 Å². The summed E-state index contributed by atoms with van der Waals surface area (Å²) < 4.78 is 0. The van der Waals surface area contributed by atoms with E-state index in [-0.39, 0.29) is 0 Å².